The summed E-state index contributed by atoms with van der Waals surface area (Å²) in [6.45, 7) is 2.10. The Hall–Kier alpha value is -3.30. The molecule has 1 aromatic heterocycles. The highest BCUT2D eigenvalue weighted by molar-refractivity contribution is 5.88. The maximum absolute atomic E-state index is 13.5. The molecule has 1 aromatic carbocycles. The number of carbonyl (C=O) groups is 2. The van der Waals surface area contributed by atoms with Gasteiger partial charge in [0.05, 0.1) is 11.9 Å². The Balaban J connectivity index is 1.64. The van der Waals surface area contributed by atoms with E-state index >= 15 is 0 Å². The summed E-state index contributed by atoms with van der Waals surface area (Å²) in [6.07, 6.45) is -3.96. The zero-order chi connectivity index (χ0) is 21.7. The normalized spacial score (nSPS) is 14.4. The summed E-state index contributed by atoms with van der Waals surface area (Å²) in [7, 11) is 0. The molecule has 1 fully saturated rings. The molecule has 0 aliphatic carbocycles. The van der Waals surface area contributed by atoms with Gasteiger partial charge in [-0.15, -0.1) is 0 Å². The highest BCUT2D eigenvalue weighted by Crippen LogP contribution is 2.37. The van der Waals surface area contributed by atoms with Crippen molar-refractivity contribution >= 4 is 23.5 Å². The van der Waals surface area contributed by atoms with Gasteiger partial charge in [-0.05, 0) is 11.6 Å². The molecule has 10 heteroatoms. The minimum Gasteiger partial charge on any atom is -0.445 e. The summed E-state index contributed by atoms with van der Waals surface area (Å²) in [6, 6.07) is 10.1. The van der Waals surface area contributed by atoms with Gasteiger partial charge in [0.25, 0.3) is 0 Å². The standard InChI is InChI=1S/C20H21F3N4O3/c1-14(28)25-16-11-17(20(21,22)23)18(24-12-16)26-7-9-27(10-8-26)19(29)30-13-15-5-3-2-4-6-15/h2-6,11-12H,7-10,13H2,1H3,(H,25,28). The molecular formula is C20H21F3N4O3. The Morgan fingerprint density at radius 3 is 2.40 bits per heavy atom. The maximum atomic E-state index is 13.5. The first-order valence-corrected chi connectivity index (χ1v) is 9.29. The van der Waals surface area contributed by atoms with Crippen molar-refractivity contribution in [2.24, 2.45) is 0 Å². The number of amides is 2. The zero-order valence-corrected chi connectivity index (χ0v) is 16.3. The molecule has 1 aliphatic heterocycles. The molecule has 2 amide bonds. The van der Waals surface area contributed by atoms with Crippen molar-refractivity contribution in [2.45, 2.75) is 19.7 Å². The predicted molar refractivity (Wildman–Crippen MR) is 104 cm³/mol. The number of carbonyl (C=O) groups excluding carboxylic acids is 2. The van der Waals surface area contributed by atoms with Crippen molar-refractivity contribution in [3.63, 3.8) is 0 Å². The van der Waals surface area contributed by atoms with Gasteiger partial charge >= 0.3 is 12.3 Å². The van der Waals surface area contributed by atoms with Gasteiger partial charge in [-0.25, -0.2) is 9.78 Å². The molecular weight excluding hydrogens is 401 g/mol. The van der Waals surface area contributed by atoms with Crippen molar-refractivity contribution in [1.82, 2.24) is 9.88 Å². The Kier molecular flexibility index (Phi) is 6.43. The number of ether oxygens (including phenoxy) is 1. The third kappa shape index (κ3) is 5.40. The van der Waals surface area contributed by atoms with Crippen LogP contribution in [0.3, 0.4) is 0 Å². The lowest BCUT2D eigenvalue weighted by atomic mass is 10.2. The molecule has 0 saturated carbocycles. The molecule has 1 N–H and O–H groups in total. The van der Waals surface area contributed by atoms with E-state index in [2.05, 4.69) is 10.3 Å². The van der Waals surface area contributed by atoms with Gasteiger partial charge in [-0.1, -0.05) is 30.3 Å². The van der Waals surface area contributed by atoms with Crippen molar-refractivity contribution in [1.29, 1.82) is 0 Å². The third-order valence-corrected chi connectivity index (χ3v) is 4.53. The Bertz CT molecular complexity index is 898. The van der Waals surface area contributed by atoms with Gasteiger partial charge in [-0.2, -0.15) is 13.2 Å². The topological polar surface area (TPSA) is 74.8 Å². The van der Waals surface area contributed by atoms with Gasteiger partial charge in [0.1, 0.15) is 18.0 Å². The molecule has 160 valence electrons. The van der Waals surface area contributed by atoms with Crippen LogP contribution in [-0.2, 0) is 22.3 Å². The molecule has 3 rings (SSSR count). The fraction of sp³-hybridized carbons (Fsp3) is 0.350. The van der Waals surface area contributed by atoms with Crippen LogP contribution >= 0.6 is 0 Å². The average molecular weight is 422 g/mol. The quantitative estimate of drug-likeness (QED) is 0.816. The summed E-state index contributed by atoms with van der Waals surface area (Å²) in [5, 5.41) is 2.31. The second-order valence-corrected chi connectivity index (χ2v) is 6.79. The number of nitrogens with zero attached hydrogens (tertiary/aromatic N) is 3. The second kappa shape index (κ2) is 9.02. The molecule has 1 aliphatic rings. The number of halogens is 3. The van der Waals surface area contributed by atoms with E-state index < -0.39 is 23.7 Å². The van der Waals surface area contributed by atoms with Gasteiger partial charge in [0.2, 0.25) is 5.91 Å². The van der Waals surface area contributed by atoms with E-state index in [4.69, 9.17) is 4.74 Å². The summed E-state index contributed by atoms with van der Waals surface area (Å²) in [5.41, 5.74) is -0.113. The first kappa shape index (κ1) is 21.4. The van der Waals surface area contributed by atoms with Gasteiger partial charge in [0.15, 0.2) is 0 Å². The van der Waals surface area contributed by atoms with E-state index in [1.807, 2.05) is 30.3 Å². The number of pyridine rings is 1. The van der Waals surface area contributed by atoms with Gasteiger partial charge in [-0.3, -0.25) is 4.79 Å². The lowest BCUT2D eigenvalue weighted by Crippen LogP contribution is -2.49. The second-order valence-electron chi connectivity index (χ2n) is 6.79. The third-order valence-electron chi connectivity index (χ3n) is 4.53. The van der Waals surface area contributed by atoms with Crippen molar-refractivity contribution in [2.75, 3.05) is 36.4 Å². The molecule has 0 radical (unpaired) electrons. The fourth-order valence-electron chi connectivity index (χ4n) is 3.10. The number of nitrogens with one attached hydrogen (secondary N) is 1. The SMILES string of the molecule is CC(=O)Nc1cnc(N2CCN(C(=O)OCc3ccccc3)CC2)c(C(F)(F)F)c1. The van der Waals surface area contributed by atoms with E-state index in [1.165, 1.54) is 22.9 Å². The molecule has 0 unspecified atom stereocenters. The highest BCUT2D eigenvalue weighted by Gasteiger charge is 2.37. The fourth-order valence-corrected chi connectivity index (χ4v) is 3.10. The van der Waals surface area contributed by atoms with Crippen molar-refractivity contribution in [3.8, 4) is 0 Å². The van der Waals surface area contributed by atoms with Gasteiger partial charge in [0, 0.05) is 33.1 Å². The number of piperazine rings is 1. The number of benzene rings is 1. The van der Waals surface area contributed by atoms with Crippen molar-refractivity contribution in [3.05, 3.63) is 53.7 Å². The monoisotopic (exact) mass is 422 g/mol. The first-order chi connectivity index (χ1) is 14.2. The van der Waals surface area contributed by atoms with E-state index in [-0.39, 0.29) is 44.3 Å². The molecule has 7 nitrogen and oxygen atoms in total. The molecule has 1 saturated heterocycles. The minimum absolute atomic E-state index is 0.0262. The van der Waals surface area contributed by atoms with Crippen molar-refractivity contribution < 1.29 is 27.5 Å². The van der Waals surface area contributed by atoms with E-state index in [9.17, 15) is 22.8 Å². The summed E-state index contributed by atoms with van der Waals surface area (Å²) in [4.78, 5) is 30.2. The molecule has 0 bridgehead atoms. The van der Waals surface area contributed by atoms with Crippen LogP contribution < -0.4 is 10.2 Å². The number of aromatic nitrogens is 1. The Labute approximate surface area is 171 Å². The maximum Gasteiger partial charge on any atom is 0.420 e. The summed E-state index contributed by atoms with van der Waals surface area (Å²) < 4.78 is 45.8. The minimum atomic E-state index is -4.64. The largest absolute Gasteiger partial charge is 0.445 e. The smallest absolute Gasteiger partial charge is 0.420 e. The molecule has 30 heavy (non-hydrogen) atoms. The van der Waals surface area contributed by atoms with Crippen LogP contribution in [0.15, 0.2) is 42.6 Å². The highest BCUT2D eigenvalue weighted by atomic mass is 19.4. The van der Waals surface area contributed by atoms with Crippen LogP contribution in [0.4, 0.5) is 29.5 Å². The van der Waals surface area contributed by atoms with Gasteiger partial charge < -0.3 is 19.9 Å². The predicted octanol–water partition coefficient (Wildman–Crippen LogP) is 3.52. The number of hydrogen-bond donors (Lipinski definition) is 1. The number of alkyl halides is 3. The van der Waals surface area contributed by atoms with E-state index in [1.54, 1.807) is 0 Å². The summed E-state index contributed by atoms with van der Waals surface area (Å²) >= 11 is 0. The first-order valence-electron chi connectivity index (χ1n) is 9.29. The van der Waals surface area contributed by atoms with Crippen LogP contribution in [0, 0.1) is 0 Å². The van der Waals surface area contributed by atoms with Crippen LogP contribution in [0.1, 0.15) is 18.1 Å². The summed E-state index contributed by atoms with van der Waals surface area (Å²) in [5.74, 6) is -0.714. The van der Waals surface area contributed by atoms with E-state index in [0.29, 0.717) is 0 Å². The van der Waals surface area contributed by atoms with Crippen LogP contribution in [0.5, 0.6) is 0 Å². The number of anilines is 2. The zero-order valence-electron chi connectivity index (χ0n) is 16.3. The molecule has 0 spiro atoms. The van der Waals surface area contributed by atoms with E-state index in [0.717, 1.165) is 11.6 Å². The van der Waals surface area contributed by atoms with Crippen LogP contribution in [0.25, 0.3) is 0 Å². The molecule has 2 aromatic rings. The lowest BCUT2D eigenvalue weighted by molar-refractivity contribution is -0.137. The Morgan fingerprint density at radius 1 is 1.13 bits per heavy atom. The van der Waals surface area contributed by atoms with Crippen LogP contribution in [0.2, 0.25) is 0 Å². The molecule has 0 atom stereocenters. The Morgan fingerprint density at radius 2 is 1.80 bits per heavy atom. The molecule has 2 heterocycles. The van der Waals surface area contributed by atoms with Crippen LogP contribution in [-0.4, -0.2) is 48.1 Å². The lowest BCUT2D eigenvalue weighted by Gasteiger charge is -2.35. The average Bonchev–Trinajstić information content (AvgIpc) is 2.72. The number of hydrogen-bond acceptors (Lipinski definition) is 5. The number of rotatable bonds is 4.